The Morgan fingerprint density at radius 2 is 1.75 bits per heavy atom. The number of aryl methyl sites for hydroxylation is 1. The Hall–Kier alpha value is -2.82. The standard InChI is InChI=1S/C19H21NO4/c1-14-5-3-4-6-17(14)24-12-11-18(21)20-13-15-7-9-16(10-8-15)19(22)23-2/h3-10H,11-13H2,1-2H3,(H,20,21). The molecule has 2 aromatic rings. The van der Waals surface area contributed by atoms with Gasteiger partial charge in [0.2, 0.25) is 5.91 Å². The molecule has 0 radical (unpaired) electrons. The number of carbonyl (C=O) groups excluding carboxylic acids is 2. The lowest BCUT2D eigenvalue weighted by Gasteiger charge is -2.09. The molecule has 5 heteroatoms. The number of nitrogens with one attached hydrogen (secondary N) is 1. The van der Waals surface area contributed by atoms with Gasteiger partial charge in [-0.2, -0.15) is 0 Å². The summed E-state index contributed by atoms with van der Waals surface area (Å²) in [5.41, 5.74) is 2.44. The van der Waals surface area contributed by atoms with Gasteiger partial charge in [0, 0.05) is 6.54 Å². The summed E-state index contributed by atoms with van der Waals surface area (Å²) in [4.78, 5) is 23.2. The minimum atomic E-state index is -0.376. The van der Waals surface area contributed by atoms with Crippen molar-refractivity contribution < 1.29 is 19.1 Å². The molecule has 2 aromatic carbocycles. The number of rotatable bonds is 7. The van der Waals surface area contributed by atoms with Crippen LogP contribution in [0.3, 0.4) is 0 Å². The largest absolute Gasteiger partial charge is 0.493 e. The highest BCUT2D eigenvalue weighted by molar-refractivity contribution is 5.89. The van der Waals surface area contributed by atoms with Crippen molar-refractivity contribution in [2.75, 3.05) is 13.7 Å². The zero-order valence-electron chi connectivity index (χ0n) is 13.9. The van der Waals surface area contributed by atoms with Gasteiger partial charge in [-0.05, 0) is 36.2 Å². The number of methoxy groups -OCH3 is 1. The van der Waals surface area contributed by atoms with Crippen LogP contribution in [0.15, 0.2) is 48.5 Å². The van der Waals surface area contributed by atoms with Gasteiger partial charge >= 0.3 is 5.97 Å². The normalized spacial score (nSPS) is 10.1. The fourth-order valence-electron chi connectivity index (χ4n) is 2.14. The molecule has 0 aliphatic rings. The van der Waals surface area contributed by atoms with E-state index in [0.29, 0.717) is 18.7 Å². The lowest BCUT2D eigenvalue weighted by Crippen LogP contribution is -2.24. The Morgan fingerprint density at radius 1 is 1.04 bits per heavy atom. The van der Waals surface area contributed by atoms with Crippen LogP contribution in [0.1, 0.15) is 27.9 Å². The minimum Gasteiger partial charge on any atom is -0.493 e. The van der Waals surface area contributed by atoms with Gasteiger partial charge in [-0.15, -0.1) is 0 Å². The van der Waals surface area contributed by atoms with Gasteiger partial charge in [0.1, 0.15) is 5.75 Å². The molecular weight excluding hydrogens is 306 g/mol. The minimum absolute atomic E-state index is 0.0828. The molecule has 5 nitrogen and oxygen atoms in total. The van der Waals surface area contributed by atoms with E-state index in [2.05, 4.69) is 10.1 Å². The van der Waals surface area contributed by atoms with Gasteiger partial charge in [0.25, 0.3) is 0 Å². The first-order valence-corrected chi connectivity index (χ1v) is 7.72. The summed E-state index contributed by atoms with van der Waals surface area (Å²) in [6, 6.07) is 14.6. The zero-order chi connectivity index (χ0) is 17.4. The molecule has 0 aromatic heterocycles. The molecule has 0 unspecified atom stereocenters. The monoisotopic (exact) mass is 327 g/mol. The van der Waals surface area contributed by atoms with E-state index < -0.39 is 0 Å². The topological polar surface area (TPSA) is 64.6 Å². The van der Waals surface area contributed by atoms with Crippen LogP contribution in [0.25, 0.3) is 0 Å². The summed E-state index contributed by atoms with van der Waals surface area (Å²) >= 11 is 0. The van der Waals surface area contributed by atoms with Crippen molar-refractivity contribution in [3.63, 3.8) is 0 Å². The lowest BCUT2D eigenvalue weighted by molar-refractivity contribution is -0.121. The first-order valence-electron chi connectivity index (χ1n) is 7.72. The van der Waals surface area contributed by atoms with Gasteiger partial charge in [-0.1, -0.05) is 30.3 Å². The number of esters is 1. The molecule has 0 saturated carbocycles. The molecule has 0 spiro atoms. The molecule has 1 amide bonds. The van der Waals surface area contributed by atoms with Crippen molar-refractivity contribution >= 4 is 11.9 Å². The lowest BCUT2D eigenvalue weighted by atomic mass is 10.1. The predicted molar refractivity (Wildman–Crippen MR) is 90.9 cm³/mol. The second-order valence-corrected chi connectivity index (χ2v) is 5.33. The van der Waals surface area contributed by atoms with E-state index >= 15 is 0 Å². The number of ether oxygens (including phenoxy) is 2. The van der Waals surface area contributed by atoms with Crippen LogP contribution < -0.4 is 10.1 Å². The van der Waals surface area contributed by atoms with Crippen LogP contribution in [0.2, 0.25) is 0 Å². The summed E-state index contributed by atoms with van der Waals surface area (Å²) in [5, 5.41) is 2.83. The second kappa shape index (κ2) is 8.72. The van der Waals surface area contributed by atoms with Crippen molar-refractivity contribution in [2.45, 2.75) is 19.9 Å². The van der Waals surface area contributed by atoms with E-state index in [9.17, 15) is 9.59 Å². The van der Waals surface area contributed by atoms with Gasteiger partial charge in [0.15, 0.2) is 0 Å². The molecule has 126 valence electrons. The van der Waals surface area contributed by atoms with Crippen LogP contribution in [-0.4, -0.2) is 25.6 Å². The van der Waals surface area contributed by atoms with Crippen molar-refractivity contribution in [1.82, 2.24) is 5.32 Å². The van der Waals surface area contributed by atoms with Crippen molar-refractivity contribution in [2.24, 2.45) is 0 Å². The maximum absolute atomic E-state index is 11.8. The third-order valence-electron chi connectivity index (χ3n) is 3.54. The fraction of sp³-hybridized carbons (Fsp3) is 0.263. The first kappa shape index (κ1) is 17.5. The number of hydrogen-bond donors (Lipinski definition) is 1. The molecule has 0 bridgehead atoms. The number of benzene rings is 2. The van der Waals surface area contributed by atoms with Crippen molar-refractivity contribution in [1.29, 1.82) is 0 Å². The molecular formula is C19H21NO4. The highest BCUT2D eigenvalue weighted by Gasteiger charge is 2.06. The van der Waals surface area contributed by atoms with Gasteiger partial charge in [-0.3, -0.25) is 4.79 Å². The van der Waals surface area contributed by atoms with E-state index in [0.717, 1.165) is 16.9 Å². The first-order chi connectivity index (χ1) is 11.6. The quantitative estimate of drug-likeness (QED) is 0.794. The summed E-state index contributed by atoms with van der Waals surface area (Å²) < 4.78 is 10.2. The molecule has 0 aliphatic carbocycles. The average molecular weight is 327 g/mol. The van der Waals surface area contributed by atoms with E-state index in [1.54, 1.807) is 24.3 Å². The average Bonchev–Trinajstić information content (AvgIpc) is 2.61. The van der Waals surface area contributed by atoms with E-state index in [-0.39, 0.29) is 18.3 Å². The van der Waals surface area contributed by atoms with Crippen molar-refractivity contribution in [3.8, 4) is 5.75 Å². The van der Waals surface area contributed by atoms with Gasteiger partial charge < -0.3 is 14.8 Å². The Bertz CT molecular complexity index is 695. The van der Waals surface area contributed by atoms with Crippen molar-refractivity contribution in [3.05, 3.63) is 65.2 Å². The number of para-hydroxylation sites is 1. The molecule has 0 aliphatic heterocycles. The molecule has 0 atom stereocenters. The maximum Gasteiger partial charge on any atom is 0.337 e. The van der Waals surface area contributed by atoms with Crippen LogP contribution >= 0.6 is 0 Å². The predicted octanol–water partition coefficient (Wildman–Crippen LogP) is 2.87. The SMILES string of the molecule is COC(=O)c1ccc(CNC(=O)CCOc2ccccc2C)cc1. The molecule has 0 saturated heterocycles. The Labute approximate surface area is 141 Å². The van der Waals surface area contributed by atoms with Gasteiger partial charge in [-0.25, -0.2) is 4.79 Å². The molecule has 24 heavy (non-hydrogen) atoms. The third kappa shape index (κ3) is 5.12. The zero-order valence-corrected chi connectivity index (χ0v) is 13.9. The van der Waals surface area contributed by atoms with Crippen LogP contribution in [0.4, 0.5) is 0 Å². The summed E-state index contributed by atoms with van der Waals surface area (Å²) in [6.45, 7) is 2.70. The Balaban J connectivity index is 1.73. The molecule has 0 heterocycles. The fourth-order valence-corrected chi connectivity index (χ4v) is 2.14. The van der Waals surface area contributed by atoms with E-state index in [4.69, 9.17) is 4.74 Å². The second-order valence-electron chi connectivity index (χ2n) is 5.33. The smallest absolute Gasteiger partial charge is 0.337 e. The van der Waals surface area contributed by atoms with E-state index in [1.165, 1.54) is 7.11 Å². The number of hydrogen-bond acceptors (Lipinski definition) is 4. The molecule has 2 rings (SSSR count). The number of carbonyl (C=O) groups is 2. The third-order valence-corrected chi connectivity index (χ3v) is 3.54. The van der Waals surface area contributed by atoms with Crippen LogP contribution in [-0.2, 0) is 16.1 Å². The molecule has 1 N–H and O–H groups in total. The Kier molecular flexibility index (Phi) is 6.37. The summed E-state index contributed by atoms with van der Waals surface area (Å²) in [6.07, 6.45) is 0.286. The van der Waals surface area contributed by atoms with Crippen LogP contribution in [0.5, 0.6) is 5.75 Å². The maximum atomic E-state index is 11.8. The summed E-state index contributed by atoms with van der Waals surface area (Å²) in [7, 11) is 1.34. The van der Waals surface area contributed by atoms with E-state index in [1.807, 2.05) is 31.2 Å². The van der Waals surface area contributed by atoms with Gasteiger partial charge in [0.05, 0.1) is 25.7 Å². The summed E-state index contributed by atoms with van der Waals surface area (Å²) in [5.74, 6) is 0.336. The molecule has 0 fully saturated rings. The highest BCUT2D eigenvalue weighted by atomic mass is 16.5. The van der Waals surface area contributed by atoms with Crippen LogP contribution in [0, 0.1) is 6.92 Å². The number of amides is 1. The highest BCUT2D eigenvalue weighted by Crippen LogP contribution is 2.16. The Morgan fingerprint density at radius 3 is 2.42 bits per heavy atom.